The zero-order valence-electron chi connectivity index (χ0n) is 21.3. The molecule has 0 amide bonds. The molecule has 1 aromatic carbocycles. The minimum Gasteiger partial charge on any atom is -0.512 e. The number of ketones is 1. The molecule has 2 saturated heterocycles. The molecule has 2 fully saturated rings. The number of ether oxygens (including phenoxy) is 2. The molecule has 14 heteroatoms. The van der Waals surface area contributed by atoms with Gasteiger partial charge in [-0.15, -0.1) is 0 Å². The van der Waals surface area contributed by atoms with Crippen LogP contribution in [0.1, 0.15) is 12.0 Å². The molecule has 5 unspecified atom stereocenters. The highest BCUT2D eigenvalue weighted by Crippen LogP contribution is 2.48. The summed E-state index contributed by atoms with van der Waals surface area (Å²) in [5.41, 5.74) is -4.90. The number of aliphatic hydroxyl groups is 11. The molecular formula is C26H36O14. The number of carbonyl (C=O) groups excluding carboxylic acids is 1. The minimum atomic E-state index is -2.77. The predicted molar refractivity (Wildman–Crippen MR) is 131 cm³/mol. The standard InChI is InChI=1S/C26H36O14/c27-8-14-17(31)19(33)21(35)23(39-14)25(37)7-13(30)16(12(29)6-11-4-2-1-3-5-11)26(38,10-25)24-22(36)20(34)18(32)15(9-28)40-24/h1-5,7,14-24,27-28,30-38H,6,8-10H2/t14-,15-,16?,17-,18-,19+,20+,21-,22-,23?,24?,25?,26?/m1/s1. The average Bonchev–Trinajstić information content (AvgIpc) is 2.90. The molecule has 14 nitrogen and oxygen atoms in total. The lowest BCUT2D eigenvalue weighted by Gasteiger charge is -2.55. The molecule has 224 valence electrons. The van der Waals surface area contributed by atoms with Crippen LogP contribution in [0.25, 0.3) is 0 Å². The van der Waals surface area contributed by atoms with Gasteiger partial charge in [-0.1, -0.05) is 30.3 Å². The van der Waals surface area contributed by atoms with E-state index in [1.54, 1.807) is 30.3 Å². The van der Waals surface area contributed by atoms with Crippen molar-refractivity contribution in [2.24, 2.45) is 5.92 Å². The van der Waals surface area contributed by atoms with Crippen LogP contribution in [0.5, 0.6) is 0 Å². The summed E-state index contributed by atoms with van der Waals surface area (Å²) in [6.45, 7) is -1.72. The van der Waals surface area contributed by atoms with Crippen molar-refractivity contribution in [1.82, 2.24) is 0 Å². The molecule has 13 atom stereocenters. The Morgan fingerprint density at radius 1 is 0.775 bits per heavy atom. The zero-order valence-corrected chi connectivity index (χ0v) is 21.3. The molecule has 11 N–H and O–H groups in total. The first-order valence-electron chi connectivity index (χ1n) is 12.8. The highest BCUT2D eigenvalue weighted by molar-refractivity contribution is 5.87. The van der Waals surface area contributed by atoms with Gasteiger partial charge in [0, 0.05) is 12.8 Å². The maximum absolute atomic E-state index is 13.6. The van der Waals surface area contributed by atoms with Gasteiger partial charge in [0.15, 0.2) is 5.78 Å². The maximum Gasteiger partial charge on any atom is 0.150 e. The van der Waals surface area contributed by atoms with Crippen LogP contribution in [0.2, 0.25) is 0 Å². The SMILES string of the molecule is O=C(Cc1ccccc1)C1C(O)=CC(O)(C2O[C@H](CO)[C@@H](O)[C@H](O)[C@H]2O)CC1(O)C1O[C@H](CO)[C@@H](O)[C@H](O)[C@H]1O. The lowest BCUT2D eigenvalue weighted by Crippen LogP contribution is -2.72. The van der Waals surface area contributed by atoms with Crippen molar-refractivity contribution in [3.63, 3.8) is 0 Å². The van der Waals surface area contributed by atoms with Gasteiger partial charge in [-0.2, -0.15) is 0 Å². The lowest BCUT2D eigenvalue weighted by atomic mass is 9.63. The summed E-state index contributed by atoms with van der Waals surface area (Å²) >= 11 is 0. The number of hydrogen-bond donors (Lipinski definition) is 11. The van der Waals surface area contributed by atoms with Gasteiger partial charge in [-0.25, -0.2) is 0 Å². The molecule has 2 aliphatic heterocycles. The van der Waals surface area contributed by atoms with E-state index in [0.717, 1.165) is 6.08 Å². The molecule has 0 saturated carbocycles. The van der Waals surface area contributed by atoms with Crippen LogP contribution in [-0.2, 0) is 20.7 Å². The van der Waals surface area contributed by atoms with Crippen molar-refractivity contribution in [2.45, 2.75) is 85.1 Å². The van der Waals surface area contributed by atoms with Crippen LogP contribution in [0.15, 0.2) is 42.2 Å². The van der Waals surface area contributed by atoms with Crippen molar-refractivity contribution >= 4 is 5.78 Å². The molecule has 3 aliphatic rings. The van der Waals surface area contributed by atoms with E-state index >= 15 is 0 Å². The van der Waals surface area contributed by atoms with Gasteiger partial charge in [0.05, 0.1) is 13.2 Å². The number of hydrogen-bond acceptors (Lipinski definition) is 14. The molecule has 1 aromatic rings. The zero-order chi connectivity index (χ0) is 29.6. The van der Waals surface area contributed by atoms with Gasteiger partial charge in [-0.3, -0.25) is 4.79 Å². The molecule has 0 radical (unpaired) electrons. The maximum atomic E-state index is 13.6. The number of carbonyl (C=O) groups is 1. The Bertz CT molecular complexity index is 1060. The third-order valence-electron chi connectivity index (χ3n) is 8.07. The Labute approximate surface area is 228 Å². The smallest absolute Gasteiger partial charge is 0.150 e. The first kappa shape index (κ1) is 30.9. The van der Waals surface area contributed by atoms with Crippen LogP contribution in [0.3, 0.4) is 0 Å². The second kappa shape index (κ2) is 11.7. The Balaban J connectivity index is 1.80. The molecule has 40 heavy (non-hydrogen) atoms. The van der Waals surface area contributed by atoms with E-state index in [1.165, 1.54) is 0 Å². The lowest BCUT2D eigenvalue weighted by molar-refractivity contribution is -0.300. The highest BCUT2D eigenvalue weighted by Gasteiger charge is 2.65. The van der Waals surface area contributed by atoms with Gasteiger partial charge in [-0.05, 0) is 11.6 Å². The summed E-state index contributed by atoms with van der Waals surface area (Å²) < 4.78 is 11.0. The van der Waals surface area contributed by atoms with E-state index < -0.39 is 109 Å². The number of benzene rings is 1. The fraction of sp³-hybridized carbons (Fsp3) is 0.654. The van der Waals surface area contributed by atoms with Gasteiger partial charge in [0.1, 0.15) is 83.9 Å². The fourth-order valence-corrected chi connectivity index (χ4v) is 6.02. The minimum absolute atomic E-state index is 0.332. The number of rotatable bonds is 7. The van der Waals surface area contributed by atoms with E-state index in [4.69, 9.17) is 9.47 Å². The van der Waals surface area contributed by atoms with E-state index in [0.29, 0.717) is 5.56 Å². The summed E-state index contributed by atoms with van der Waals surface area (Å²) in [5, 5.41) is 117. The Hall–Kier alpha value is -2.05. The summed E-state index contributed by atoms with van der Waals surface area (Å²) in [6.07, 6.45) is -19.2. The van der Waals surface area contributed by atoms with E-state index in [2.05, 4.69) is 0 Å². The topological polar surface area (TPSA) is 258 Å². The Kier molecular flexibility index (Phi) is 9.02. The molecule has 0 bridgehead atoms. The molecule has 0 aromatic heterocycles. The van der Waals surface area contributed by atoms with Crippen LogP contribution in [0, 0.1) is 5.92 Å². The normalized spacial score (nSPS) is 46.0. The summed E-state index contributed by atoms with van der Waals surface area (Å²) in [5.74, 6) is -3.61. The van der Waals surface area contributed by atoms with E-state index in [1.807, 2.05) is 0 Å². The molecule has 1 aliphatic carbocycles. The summed E-state index contributed by atoms with van der Waals surface area (Å²) in [4.78, 5) is 13.6. The first-order valence-corrected chi connectivity index (χ1v) is 12.8. The third kappa shape index (κ3) is 5.31. The second-order valence-corrected chi connectivity index (χ2v) is 10.8. The number of Topliss-reactive ketones (excluding diaryl/α,β-unsaturated/α-hetero) is 1. The van der Waals surface area contributed by atoms with Crippen molar-refractivity contribution < 1.29 is 70.4 Å². The summed E-state index contributed by atoms with van der Waals surface area (Å²) in [6, 6.07) is 8.23. The highest BCUT2D eigenvalue weighted by atomic mass is 16.6. The quantitative estimate of drug-likeness (QED) is 0.147. The molecular weight excluding hydrogens is 536 g/mol. The largest absolute Gasteiger partial charge is 0.512 e. The Morgan fingerprint density at radius 2 is 1.27 bits per heavy atom. The van der Waals surface area contributed by atoms with Crippen molar-refractivity contribution in [3.8, 4) is 0 Å². The first-order chi connectivity index (χ1) is 18.8. The van der Waals surface area contributed by atoms with Crippen LogP contribution in [-0.4, -0.2) is 147 Å². The predicted octanol–water partition coefficient (Wildman–Crippen LogP) is -4.59. The average molecular weight is 573 g/mol. The van der Waals surface area contributed by atoms with Crippen LogP contribution < -0.4 is 0 Å². The van der Waals surface area contributed by atoms with Crippen molar-refractivity contribution in [2.75, 3.05) is 13.2 Å². The van der Waals surface area contributed by atoms with Gasteiger partial charge in [0.25, 0.3) is 0 Å². The van der Waals surface area contributed by atoms with Crippen molar-refractivity contribution in [3.05, 3.63) is 47.7 Å². The van der Waals surface area contributed by atoms with Gasteiger partial charge < -0.3 is 65.6 Å². The second-order valence-electron chi connectivity index (χ2n) is 10.8. The molecule has 2 heterocycles. The third-order valence-corrected chi connectivity index (χ3v) is 8.07. The van der Waals surface area contributed by atoms with Crippen LogP contribution in [0.4, 0.5) is 0 Å². The fourth-order valence-electron chi connectivity index (χ4n) is 6.02. The summed E-state index contributed by atoms with van der Waals surface area (Å²) in [7, 11) is 0. The molecule has 0 spiro atoms. The van der Waals surface area contributed by atoms with Gasteiger partial charge >= 0.3 is 0 Å². The van der Waals surface area contributed by atoms with Crippen LogP contribution >= 0.6 is 0 Å². The van der Waals surface area contributed by atoms with Gasteiger partial charge in [0.2, 0.25) is 0 Å². The Morgan fingerprint density at radius 3 is 1.80 bits per heavy atom. The number of aliphatic hydroxyl groups excluding tert-OH is 9. The van der Waals surface area contributed by atoms with E-state index in [9.17, 15) is 61.0 Å². The monoisotopic (exact) mass is 572 g/mol. The molecule has 4 rings (SSSR count). The van der Waals surface area contributed by atoms with Crippen molar-refractivity contribution in [1.29, 1.82) is 0 Å². The van der Waals surface area contributed by atoms with E-state index in [-0.39, 0.29) is 6.42 Å².